The number of hydrogen-bond donors (Lipinski definition) is 1. The molecule has 92 valence electrons. The highest BCUT2D eigenvalue weighted by molar-refractivity contribution is 6.31. The second kappa shape index (κ2) is 6.23. The molecule has 4 nitrogen and oxygen atoms in total. The predicted octanol–water partition coefficient (Wildman–Crippen LogP) is 1.55. The third kappa shape index (κ3) is 3.20. The van der Waals surface area contributed by atoms with Crippen molar-refractivity contribution in [1.29, 1.82) is 0 Å². The molecule has 1 heterocycles. The van der Waals surface area contributed by atoms with Crippen molar-refractivity contribution in [2.75, 3.05) is 20.3 Å². The normalized spacial score (nSPS) is 13.1. The van der Waals surface area contributed by atoms with Crippen LogP contribution in [0.5, 0.6) is 0 Å². The molecule has 0 aromatic carbocycles. The van der Waals surface area contributed by atoms with Crippen LogP contribution < -0.4 is 5.32 Å². The third-order valence-corrected chi connectivity index (χ3v) is 3.12. The van der Waals surface area contributed by atoms with Crippen molar-refractivity contribution in [3.05, 3.63) is 16.4 Å². The van der Waals surface area contributed by atoms with E-state index in [1.54, 1.807) is 0 Å². The first-order valence-electron chi connectivity index (χ1n) is 5.53. The summed E-state index contributed by atoms with van der Waals surface area (Å²) in [5.41, 5.74) is 1.93. The van der Waals surface area contributed by atoms with Crippen LogP contribution >= 0.6 is 11.6 Å². The molecule has 0 radical (unpaired) electrons. The zero-order valence-electron chi connectivity index (χ0n) is 10.4. The molecule has 0 saturated heterocycles. The number of likely N-dealkylation sites (N-methyl/N-ethyl adjacent to an activating group) is 1. The molecule has 0 aliphatic carbocycles. The van der Waals surface area contributed by atoms with E-state index in [4.69, 9.17) is 16.3 Å². The zero-order chi connectivity index (χ0) is 12.1. The van der Waals surface area contributed by atoms with Crippen molar-refractivity contribution >= 4 is 11.6 Å². The van der Waals surface area contributed by atoms with Crippen LogP contribution in [0.3, 0.4) is 0 Å². The lowest BCUT2D eigenvalue weighted by Gasteiger charge is -2.16. The molecule has 0 spiro atoms. The fraction of sp³-hybridized carbons (Fsp3) is 0.727. The van der Waals surface area contributed by atoms with Crippen molar-refractivity contribution in [2.24, 2.45) is 7.05 Å². The van der Waals surface area contributed by atoms with E-state index in [-0.39, 0.29) is 6.04 Å². The highest BCUT2D eigenvalue weighted by atomic mass is 35.5. The van der Waals surface area contributed by atoms with E-state index < -0.39 is 0 Å². The quantitative estimate of drug-likeness (QED) is 0.827. The van der Waals surface area contributed by atoms with Gasteiger partial charge in [0.2, 0.25) is 0 Å². The number of rotatable bonds is 6. The first kappa shape index (κ1) is 13.5. The van der Waals surface area contributed by atoms with Crippen LogP contribution in [0.15, 0.2) is 0 Å². The van der Waals surface area contributed by atoms with Crippen LogP contribution in [-0.4, -0.2) is 36.1 Å². The molecule has 1 aromatic heterocycles. The highest BCUT2D eigenvalue weighted by Gasteiger charge is 2.15. The van der Waals surface area contributed by atoms with Crippen LogP contribution in [0.1, 0.15) is 18.3 Å². The summed E-state index contributed by atoms with van der Waals surface area (Å²) in [4.78, 5) is 0. The van der Waals surface area contributed by atoms with E-state index in [1.165, 1.54) is 0 Å². The number of aromatic nitrogens is 2. The van der Waals surface area contributed by atoms with Crippen molar-refractivity contribution in [1.82, 2.24) is 15.1 Å². The Balaban J connectivity index is 2.69. The second-order valence-electron chi connectivity index (χ2n) is 3.82. The molecule has 1 N–H and O–H groups in total. The molecule has 1 atom stereocenters. The van der Waals surface area contributed by atoms with Gasteiger partial charge in [0.25, 0.3) is 0 Å². The second-order valence-corrected chi connectivity index (χ2v) is 4.20. The molecular formula is C11H20ClN3O. The number of hydrogen-bond acceptors (Lipinski definition) is 3. The van der Waals surface area contributed by atoms with Gasteiger partial charge < -0.3 is 10.1 Å². The summed E-state index contributed by atoms with van der Waals surface area (Å²) in [7, 11) is 3.85. The SMILES string of the molecule is CCOCC(Cc1c(Cl)c(C)nn1C)NC. The van der Waals surface area contributed by atoms with Gasteiger partial charge in [-0.1, -0.05) is 11.6 Å². The van der Waals surface area contributed by atoms with Gasteiger partial charge in [-0.15, -0.1) is 0 Å². The van der Waals surface area contributed by atoms with Gasteiger partial charge in [0.15, 0.2) is 0 Å². The minimum atomic E-state index is 0.271. The van der Waals surface area contributed by atoms with E-state index >= 15 is 0 Å². The van der Waals surface area contributed by atoms with Crippen LogP contribution in [0.4, 0.5) is 0 Å². The maximum Gasteiger partial charge on any atom is 0.0847 e. The first-order valence-corrected chi connectivity index (χ1v) is 5.90. The number of aryl methyl sites for hydroxylation is 2. The molecule has 5 heteroatoms. The Bertz CT molecular complexity index is 338. The minimum Gasteiger partial charge on any atom is -0.380 e. The Morgan fingerprint density at radius 1 is 1.56 bits per heavy atom. The molecule has 0 aliphatic heterocycles. The zero-order valence-corrected chi connectivity index (χ0v) is 11.1. The van der Waals surface area contributed by atoms with Gasteiger partial charge in [-0.05, 0) is 20.9 Å². The highest BCUT2D eigenvalue weighted by Crippen LogP contribution is 2.20. The fourth-order valence-corrected chi connectivity index (χ4v) is 1.88. The summed E-state index contributed by atoms with van der Waals surface area (Å²) in [6.07, 6.45) is 0.826. The number of nitrogens with zero attached hydrogens (tertiary/aromatic N) is 2. The minimum absolute atomic E-state index is 0.271. The van der Waals surface area contributed by atoms with Crippen molar-refractivity contribution in [3.8, 4) is 0 Å². The number of nitrogens with one attached hydrogen (secondary N) is 1. The molecule has 0 amide bonds. The Kier molecular flexibility index (Phi) is 5.25. The lowest BCUT2D eigenvalue weighted by Crippen LogP contribution is -2.33. The van der Waals surface area contributed by atoms with Crippen LogP contribution in [0, 0.1) is 6.92 Å². The van der Waals surface area contributed by atoms with Gasteiger partial charge in [-0.25, -0.2) is 0 Å². The van der Waals surface area contributed by atoms with Gasteiger partial charge in [0.05, 0.1) is 23.0 Å². The largest absolute Gasteiger partial charge is 0.380 e. The summed E-state index contributed by atoms with van der Waals surface area (Å²) in [5, 5.41) is 8.28. The van der Waals surface area contributed by atoms with Crippen molar-refractivity contribution in [3.63, 3.8) is 0 Å². The molecule has 1 rings (SSSR count). The molecular weight excluding hydrogens is 226 g/mol. The third-order valence-electron chi connectivity index (χ3n) is 2.63. The summed E-state index contributed by atoms with van der Waals surface area (Å²) in [6.45, 7) is 5.33. The molecule has 0 saturated carbocycles. The maximum atomic E-state index is 6.20. The molecule has 1 unspecified atom stereocenters. The molecule has 0 bridgehead atoms. The lowest BCUT2D eigenvalue weighted by molar-refractivity contribution is 0.124. The van der Waals surface area contributed by atoms with Crippen molar-refractivity contribution < 1.29 is 4.74 Å². The van der Waals surface area contributed by atoms with E-state index in [2.05, 4.69) is 10.4 Å². The van der Waals surface area contributed by atoms with Gasteiger partial charge >= 0.3 is 0 Å². The number of ether oxygens (including phenoxy) is 1. The molecule has 0 aliphatic rings. The van der Waals surface area contributed by atoms with Crippen LogP contribution in [0.25, 0.3) is 0 Å². The lowest BCUT2D eigenvalue weighted by atomic mass is 10.1. The van der Waals surface area contributed by atoms with Gasteiger partial charge in [0, 0.05) is 26.1 Å². The summed E-state index contributed by atoms with van der Waals surface area (Å²) >= 11 is 6.20. The Morgan fingerprint density at radius 3 is 2.69 bits per heavy atom. The predicted molar refractivity (Wildman–Crippen MR) is 66.0 cm³/mol. The van der Waals surface area contributed by atoms with E-state index in [1.807, 2.05) is 32.6 Å². The van der Waals surface area contributed by atoms with Crippen LogP contribution in [-0.2, 0) is 18.2 Å². The monoisotopic (exact) mass is 245 g/mol. The molecule has 0 fully saturated rings. The summed E-state index contributed by atoms with van der Waals surface area (Å²) in [6, 6.07) is 0.271. The topological polar surface area (TPSA) is 39.1 Å². The van der Waals surface area contributed by atoms with Gasteiger partial charge in [0.1, 0.15) is 0 Å². The van der Waals surface area contributed by atoms with Gasteiger partial charge in [-0.2, -0.15) is 5.10 Å². The maximum absolute atomic E-state index is 6.20. The smallest absolute Gasteiger partial charge is 0.0847 e. The average Bonchev–Trinajstić information content (AvgIpc) is 2.50. The molecule has 1 aromatic rings. The Morgan fingerprint density at radius 2 is 2.25 bits per heavy atom. The van der Waals surface area contributed by atoms with Crippen LogP contribution in [0.2, 0.25) is 5.02 Å². The first-order chi connectivity index (χ1) is 7.60. The van der Waals surface area contributed by atoms with Crippen molar-refractivity contribution in [2.45, 2.75) is 26.3 Å². The Labute approximate surface area is 102 Å². The standard InChI is InChI=1S/C11H20ClN3O/c1-5-16-7-9(13-3)6-10-11(12)8(2)14-15(10)4/h9,13H,5-7H2,1-4H3. The average molecular weight is 246 g/mol. The summed E-state index contributed by atoms with van der Waals surface area (Å²) in [5.74, 6) is 0. The summed E-state index contributed by atoms with van der Waals surface area (Å²) < 4.78 is 7.25. The van der Waals surface area contributed by atoms with E-state index in [0.717, 1.165) is 29.4 Å². The Hall–Kier alpha value is -0.580. The van der Waals surface area contributed by atoms with Gasteiger partial charge in [-0.3, -0.25) is 4.68 Å². The van der Waals surface area contributed by atoms with E-state index in [0.29, 0.717) is 6.61 Å². The number of halogens is 1. The fourth-order valence-electron chi connectivity index (χ4n) is 1.64. The van der Waals surface area contributed by atoms with E-state index in [9.17, 15) is 0 Å². The molecule has 16 heavy (non-hydrogen) atoms.